The summed E-state index contributed by atoms with van der Waals surface area (Å²) in [5.41, 5.74) is 0. The molecular weight excluding hydrogens is 392 g/mol. The average molecular weight is 411 g/mol. The number of ether oxygens (including phenoxy) is 5. The van der Waals surface area contributed by atoms with E-state index in [1.54, 1.807) is 0 Å². The molecule has 0 aromatic heterocycles. The zero-order valence-corrected chi connectivity index (χ0v) is 15.2. The Morgan fingerprint density at radius 1 is 0.792 bits per heavy atom. The molecule has 136 valence electrons. The quantitative estimate of drug-likeness (QED) is 0.362. The Kier molecular flexibility index (Phi) is 7.61. The molecule has 1 heterocycles. The zero-order valence-electron chi connectivity index (χ0n) is 13.6. The van der Waals surface area contributed by atoms with Crippen molar-refractivity contribution in [1.29, 1.82) is 0 Å². The Morgan fingerprint density at radius 2 is 1.25 bits per heavy atom. The lowest BCUT2D eigenvalue weighted by atomic mass is 9.99. The maximum absolute atomic E-state index is 11.4. The predicted molar refractivity (Wildman–Crippen MR) is 80.9 cm³/mol. The van der Waals surface area contributed by atoms with E-state index in [9.17, 15) is 19.2 Å². The van der Waals surface area contributed by atoms with Gasteiger partial charge in [-0.05, 0) is 0 Å². The van der Waals surface area contributed by atoms with E-state index >= 15 is 0 Å². The van der Waals surface area contributed by atoms with Gasteiger partial charge in [0.05, 0.1) is 0 Å². The van der Waals surface area contributed by atoms with Crippen molar-refractivity contribution >= 4 is 39.8 Å². The van der Waals surface area contributed by atoms with Crippen LogP contribution in [0.4, 0.5) is 0 Å². The summed E-state index contributed by atoms with van der Waals surface area (Å²) in [4.78, 5) is 45.1. The van der Waals surface area contributed by atoms with Crippen LogP contribution >= 0.6 is 15.9 Å². The molecule has 24 heavy (non-hydrogen) atoms. The van der Waals surface area contributed by atoms with Gasteiger partial charge < -0.3 is 23.7 Å². The third-order valence-electron chi connectivity index (χ3n) is 2.93. The predicted octanol–water partition coefficient (Wildman–Crippen LogP) is 0.464. The maximum atomic E-state index is 11.4. The number of carbonyl (C=O) groups is 4. The number of rotatable bonds is 5. The summed E-state index contributed by atoms with van der Waals surface area (Å²) in [7, 11) is 0. The molecule has 0 unspecified atom stereocenters. The number of halogens is 1. The molecule has 0 saturated carbocycles. The van der Waals surface area contributed by atoms with Crippen LogP contribution in [0.25, 0.3) is 0 Å². The molecule has 0 radical (unpaired) electrons. The van der Waals surface area contributed by atoms with Gasteiger partial charge >= 0.3 is 23.9 Å². The van der Waals surface area contributed by atoms with Gasteiger partial charge in [-0.25, -0.2) is 0 Å². The fraction of sp³-hybridized carbons (Fsp3) is 0.714. The van der Waals surface area contributed by atoms with Gasteiger partial charge in [-0.3, -0.25) is 19.2 Å². The van der Waals surface area contributed by atoms with Crippen LogP contribution in [-0.4, -0.2) is 59.9 Å². The van der Waals surface area contributed by atoms with E-state index in [1.807, 2.05) is 0 Å². The van der Waals surface area contributed by atoms with Crippen molar-refractivity contribution in [3.63, 3.8) is 0 Å². The molecule has 10 heteroatoms. The smallest absolute Gasteiger partial charge is 0.303 e. The molecule has 9 nitrogen and oxygen atoms in total. The average Bonchev–Trinajstić information content (AvgIpc) is 2.42. The molecule has 1 aliphatic rings. The number of hydrogen-bond donors (Lipinski definition) is 0. The van der Waals surface area contributed by atoms with Gasteiger partial charge in [0.2, 0.25) is 0 Å². The SMILES string of the molecule is CC(=O)OC[C@H]1O[C@H](Br)[C@H](OC(C)=O)[C@H](OC(C)=O)[C@H]1OC(C)=O. The van der Waals surface area contributed by atoms with Gasteiger partial charge in [0.25, 0.3) is 0 Å². The fourth-order valence-electron chi connectivity index (χ4n) is 2.18. The molecule has 1 fully saturated rings. The minimum Gasteiger partial charge on any atom is -0.463 e. The highest BCUT2D eigenvalue weighted by Crippen LogP contribution is 2.31. The highest BCUT2D eigenvalue weighted by Gasteiger charge is 2.51. The van der Waals surface area contributed by atoms with Crippen LogP contribution in [0.3, 0.4) is 0 Å². The molecule has 1 aliphatic heterocycles. The summed E-state index contributed by atoms with van der Waals surface area (Å²) in [6.07, 6.45) is -4.22. The number of carbonyl (C=O) groups excluding carboxylic acids is 4. The molecule has 0 aromatic carbocycles. The Morgan fingerprint density at radius 3 is 1.71 bits per heavy atom. The van der Waals surface area contributed by atoms with Gasteiger partial charge in [0, 0.05) is 27.7 Å². The van der Waals surface area contributed by atoms with Crippen molar-refractivity contribution in [1.82, 2.24) is 0 Å². The van der Waals surface area contributed by atoms with Gasteiger partial charge in [-0.15, -0.1) is 0 Å². The van der Waals surface area contributed by atoms with Crippen LogP contribution in [-0.2, 0) is 42.9 Å². The van der Waals surface area contributed by atoms with Crippen molar-refractivity contribution in [2.75, 3.05) is 6.61 Å². The van der Waals surface area contributed by atoms with Crippen LogP contribution in [0.5, 0.6) is 0 Å². The van der Waals surface area contributed by atoms with Crippen LogP contribution < -0.4 is 0 Å². The zero-order chi connectivity index (χ0) is 18.4. The molecule has 1 saturated heterocycles. The first-order valence-electron chi connectivity index (χ1n) is 7.06. The molecule has 1 rings (SSSR count). The van der Waals surface area contributed by atoms with E-state index in [0.717, 1.165) is 13.8 Å². The van der Waals surface area contributed by atoms with Gasteiger partial charge in [0.1, 0.15) is 12.7 Å². The second-order valence-electron chi connectivity index (χ2n) is 5.05. The minimum atomic E-state index is -1.13. The van der Waals surface area contributed by atoms with Crippen LogP contribution in [0.1, 0.15) is 27.7 Å². The highest BCUT2D eigenvalue weighted by molar-refractivity contribution is 9.09. The van der Waals surface area contributed by atoms with Crippen molar-refractivity contribution < 1.29 is 42.9 Å². The molecule has 0 bridgehead atoms. The monoisotopic (exact) mass is 410 g/mol. The molecule has 0 N–H and O–H groups in total. The standard InChI is InChI=1S/C14H19BrO9/c1-6(16)20-5-10-11(21-7(2)17)12(22-8(3)18)13(14(15)24-10)23-9(4)19/h10-14H,5H2,1-4H3/t10-,11+,12-,13-,14+/m1/s1. The largest absolute Gasteiger partial charge is 0.463 e. The molecule has 0 aliphatic carbocycles. The second kappa shape index (κ2) is 8.97. The highest BCUT2D eigenvalue weighted by atomic mass is 79.9. The summed E-state index contributed by atoms with van der Waals surface area (Å²) in [6, 6.07) is 0. The molecule has 0 spiro atoms. The number of hydrogen-bond acceptors (Lipinski definition) is 9. The fourth-order valence-corrected chi connectivity index (χ4v) is 2.86. The van der Waals surface area contributed by atoms with Crippen LogP contribution in [0.2, 0.25) is 0 Å². The first-order valence-corrected chi connectivity index (χ1v) is 7.98. The summed E-state index contributed by atoms with van der Waals surface area (Å²) in [5.74, 6) is -2.52. The van der Waals surface area contributed by atoms with Crippen molar-refractivity contribution in [3.05, 3.63) is 0 Å². The van der Waals surface area contributed by atoms with Crippen LogP contribution in [0, 0.1) is 0 Å². The van der Waals surface area contributed by atoms with Crippen molar-refractivity contribution in [2.45, 2.75) is 57.1 Å². The Bertz CT molecular complexity index is 506. The Hall–Kier alpha value is -1.68. The van der Waals surface area contributed by atoms with Crippen molar-refractivity contribution in [3.8, 4) is 0 Å². The molecule has 0 aromatic rings. The van der Waals surface area contributed by atoms with Crippen molar-refractivity contribution in [2.24, 2.45) is 0 Å². The summed E-state index contributed by atoms with van der Waals surface area (Å²) in [5, 5.41) is -0.863. The van der Waals surface area contributed by atoms with E-state index in [4.69, 9.17) is 23.7 Å². The summed E-state index contributed by atoms with van der Waals surface area (Å²) in [6.45, 7) is 4.47. The molecule has 5 atom stereocenters. The Labute approximate surface area is 147 Å². The van der Waals surface area contributed by atoms with Crippen LogP contribution in [0.15, 0.2) is 0 Å². The topological polar surface area (TPSA) is 114 Å². The third kappa shape index (κ3) is 6.08. The van der Waals surface area contributed by atoms with E-state index in [-0.39, 0.29) is 6.61 Å². The maximum Gasteiger partial charge on any atom is 0.303 e. The van der Waals surface area contributed by atoms with E-state index < -0.39 is 53.3 Å². The van der Waals surface area contributed by atoms with E-state index in [0.29, 0.717) is 0 Å². The number of esters is 4. The van der Waals surface area contributed by atoms with E-state index in [2.05, 4.69) is 15.9 Å². The Balaban J connectivity index is 3.11. The first-order chi connectivity index (χ1) is 11.1. The lowest BCUT2D eigenvalue weighted by molar-refractivity contribution is -0.236. The first kappa shape index (κ1) is 20.4. The molecule has 0 amide bonds. The third-order valence-corrected chi connectivity index (χ3v) is 3.67. The molecular formula is C14H19BrO9. The van der Waals surface area contributed by atoms with E-state index in [1.165, 1.54) is 13.8 Å². The lowest BCUT2D eigenvalue weighted by Gasteiger charge is -2.42. The van der Waals surface area contributed by atoms with Gasteiger partial charge in [0.15, 0.2) is 23.3 Å². The normalized spacial score (nSPS) is 29.3. The second-order valence-corrected chi connectivity index (χ2v) is 5.95. The minimum absolute atomic E-state index is 0.236. The summed E-state index contributed by atoms with van der Waals surface area (Å²) < 4.78 is 25.9. The summed E-state index contributed by atoms with van der Waals surface area (Å²) >= 11 is 3.18. The lowest BCUT2D eigenvalue weighted by Crippen LogP contribution is -2.60. The number of alkyl halides is 1. The van der Waals surface area contributed by atoms with Gasteiger partial charge in [-0.2, -0.15) is 0 Å². The van der Waals surface area contributed by atoms with Gasteiger partial charge in [-0.1, -0.05) is 15.9 Å².